The molecule has 0 aliphatic carbocycles. The van der Waals surface area contributed by atoms with Gasteiger partial charge in [-0.3, -0.25) is 4.90 Å². The molecule has 2 nitrogen and oxygen atoms in total. The van der Waals surface area contributed by atoms with Crippen LogP contribution in [0.4, 0.5) is 0 Å². The highest BCUT2D eigenvalue weighted by Gasteiger charge is 2.38. The maximum atomic E-state index is 3.63. The summed E-state index contributed by atoms with van der Waals surface area (Å²) in [5, 5.41) is 3.63. The van der Waals surface area contributed by atoms with E-state index in [1.165, 1.54) is 49.0 Å². The molecule has 0 saturated carbocycles. The number of likely N-dealkylation sites (N-methyl/N-ethyl adjacent to an activating group) is 1. The summed E-state index contributed by atoms with van der Waals surface area (Å²) in [5.74, 6) is 0. The van der Waals surface area contributed by atoms with Crippen LogP contribution in [0.15, 0.2) is 18.2 Å². The van der Waals surface area contributed by atoms with Crippen molar-refractivity contribution < 1.29 is 0 Å². The number of nitrogens with zero attached hydrogens (tertiary/aromatic N) is 1. The SMILES string of the molecule is CCC(C)(C(Cc1c(C)cccc1C)NC)N1CCCC1. The Hall–Kier alpha value is -0.860. The van der Waals surface area contributed by atoms with Crippen LogP contribution in [0, 0.1) is 13.8 Å². The van der Waals surface area contributed by atoms with Gasteiger partial charge in [0.05, 0.1) is 0 Å². The number of aryl methyl sites for hydroxylation is 2. The van der Waals surface area contributed by atoms with Crippen LogP contribution in [0.3, 0.4) is 0 Å². The minimum atomic E-state index is 0.250. The Morgan fingerprint density at radius 3 is 2.24 bits per heavy atom. The summed E-state index contributed by atoms with van der Waals surface area (Å²) in [6.45, 7) is 11.8. The summed E-state index contributed by atoms with van der Waals surface area (Å²) in [5.41, 5.74) is 4.63. The van der Waals surface area contributed by atoms with Crippen molar-refractivity contribution in [2.45, 2.75) is 65.0 Å². The lowest BCUT2D eigenvalue weighted by atomic mass is 9.82. The fourth-order valence-corrected chi connectivity index (χ4v) is 3.93. The van der Waals surface area contributed by atoms with E-state index < -0.39 is 0 Å². The van der Waals surface area contributed by atoms with Gasteiger partial charge in [-0.05, 0) is 83.3 Å². The fraction of sp³-hybridized carbons (Fsp3) is 0.684. The summed E-state index contributed by atoms with van der Waals surface area (Å²) in [6.07, 6.45) is 5.03. The van der Waals surface area contributed by atoms with Gasteiger partial charge in [0.2, 0.25) is 0 Å². The Kier molecular flexibility index (Phi) is 5.45. The lowest BCUT2D eigenvalue weighted by molar-refractivity contribution is 0.0872. The highest BCUT2D eigenvalue weighted by atomic mass is 15.2. The van der Waals surface area contributed by atoms with Crippen molar-refractivity contribution in [2.75, 3.05) is 20.1 Å². The van der Waals surface area contributed by atoms with Gasteiger partial charge in [-0.1, -0.05) is 25.1 Å². The Morgan fingerprint density at radius 2 is 1.76 bits per heavy atom. The van der Waals surface area contributed by atoms with E-state index in [0.29, 0.717) is 6.04 Å². The van der Waals surface area contributed by atoms with Crippen LogP contribution in [0.1, 0.15) is 49.8 Å². The first-order chi connectivity index (χ1) is 10.0. The number of nitrogens with one attached hydrogen (secondary N) is 1. The van der Waals surface area contributed by atoms with Gasteiger partial charge in [-0.15, -0.1) is 0 Å². The maximum Gasteiger partial charge on any atom is 0.0334 e. The van der Waals surface area contributed by atoms with Crippen LogP contribution in [0.5, 0.6) is 0 Å². The normalized spacial score (nSPS) is 20.4. The number of rotatable bonds is 6. The molecule has 0 radical (unpaired) electrons. The lowest BCUT2D eigenvalue weighted by Crippen LogP contribution is -2.58. The van der Waals surface area contributed by atoms with Gasteiger partial charge in [-0.2, -0.15) is 0 Å². The second-order valence-corrected chi connectivity index (χ2v) is 6.82. The first kappa shape index (κ1) is 16.5. The quantitative estimate of drug-likeness (QED) is 0.858. The van der Waals surface area contributed by atoms with Gasteiger partial charge < -0.3 is 5.32 Å². The standard InChI is InChI=1S/C19H32N2/c1-6-19(4,21-12-7-8-13-21)18(20-5)14-17-15(2)10-9-11-16(17)3/h9-11,18,20H,6-8,12-14H2,1-5H3. The van der Waals surface area contributed by atoms with E-state index in [-0.39, 0.29) is 5.54 Å². The average molecular weight is 288 g/mol. The third-order valence-corrected chi connectivity index (χ3v) is 5.70. The Labute approximate surface area is 130 Å². The summed E-state index contributed by atoms with van der Waals surface area (Å²) in [6, 6.07) is 7.16. The molecule has 21 heavy (non-hydrogen) atoms. The zero-order valence-electron chi connectivity index (χ0n) is 14.5. The number of likely N-dealkylation sites (tertiary alicyclic amines) is 1. The van der Waals surface area contributed by atoms with Crippen LogP contribution in [-0.4, -0.2) is 36.6 Å². The Morgan fingerprint density at radius 1 is 1.19 bits per heavy atom. The number of hydrogen-bond donors (Lipinski definition) is 1. The van der Waals surface area contributed by atoms with Gasteiger partial charge in [0.25, 0.3) is 0 Å². The molecule has 2 unspecified atom stereocenters. The van der Waals surface area contributed by atoms with E-state index in [1.807, 2.05) is 0 Å². The van der Waals surface area contributed by atoms with Crippen molar-refractivity contribution >= 4 is 0 Å². The van der Waals surface area contributed by atoms with Gasteiger partial charge in [0.15, 0.2) is 0 Å². The average Bonchev–Trinajstić information content (AvgIpc) is 3.01. The van der Waals surface area contributed by atoms with E-state index in [2.05, 4.69) is 63.2 Å². The molecule has 1 fully saturated rings. The predicted octanol–water partition coefficient (Wildman–Crippen LogP) is 3.70. The van der Waals surface area contributed by atoms with Gasteiger partial charge >= 0.3 is 0 Å². The second-order valence-electron chi connectivity index (χ2n) is 6.82. The molecule has 1 heterocycles. The molecule has 2 heteroatoms. The van der Waals surface area contributed by atoms with E-state index in [1.54, 1.807) is 0 Å². The molecular weight excluding hydrogens is 256 g/mol. The first-order valence-electron chi connectivity index (χ1n) is 8.50. The lowest BCUT2D eigenvalue weighted by Gasteiger charge is -2.45. The third kappa shape index (κ3) is 3.32. The van der Waals surface area contributed by atoms with Crippen LogP contribution in [0.2, 0.25) is 0 Å². The Bertz CT molecular complexity index is 442. The highest BCUT2D eigenvalue weighted by Crippen LogP contribution is 2.30. The van der Waals surface area contributed by atoms with E-state index in [0.717, 1.165) is 6.42 Å². The first-order valence-corrected chi connectivity index (χ1v) is 8.50. The van der Waals surface area contributed by atoms with Crippen LogP contribution in [-0.2, 0) is 6.42 Å². The molecule has 0 spiro atoms. The molecule has 2 rings (SSSR count). The molecule has 1 saturated heterocycles. The van der Waals surface area contributed by atoms with Crippen molar-refractivity contribution in [1.82, 2.24) is 10.2 Å². The smallest absolute Gasteiger partial charge is 0.0334 e. The molecular formula is C19H32N2. The molecule has 0 aromatic heterocycles. The monoisotopic (exact) mass is 288 g/mol. The molecule has 0 amide bonds. The van der Waals surface area contributed by atoms with Gasteiger partial charge in [-0.25, -0.2) is 0 Å². The molecule has 1 aliphatic rings. The largest absolute Gasteiger partial charge is 0.315 e. The van der Waals surface area contributed by atoms with Crippen molar-refractivity contribution in [3.05, 3.63) is 34.9 Å². The predicted molar refractivity (Wildman–Crippen MR) is 92.0 cm³/mol. The number of benzene rings is 1. The van der Waals surface area contributed by atoms with Crippen molar-refractivity contribution in [2.24, 2.45) is 0 Å². The van der Waals surface area contributed by atoms with Crippen molar-refractivity contribution in [1.29, 1.82) is 0 Å². The zero-order chi connectivity index (χ0) is 15.5. The Balaban J connectivity index is 2.25. The van der Waals surface area contributed by atoms with Crippen LogP contribution < -0.4 is 5.32 Å². The summed E-state index contributed by atoms with van der Waals surface area (Å²) < 4.78 is 0. The third-order valence-electron chi connectivity index (χ3n) is 5.70. The van der Waals surface area contributed by atoms with Gasteiger partial charge in [0, 0.05) is 11.6 Å². The van der Waals surface area contributed by atoms with E-state index in [4.69, 9.17) is 0 Å². The highest BCUT2D eigenvalue weighted by molar-refractivity contribution is 5.34. The molecule has 1 aliphatic heterocycles. The summed E-state index contributed by atoms with van der Waals surface area (Å²) >= 11 is 0. The minimum absolute atomic E-state index is 0.250. The minimum Gasteiger partial charge on any atom is -0.315 e. The van der Waals surface area contributed by atoms with Crippen LogP contribution in [0.25, 0.3) is 0 Å². The van der Waals surface area contributed by atoms with Crippen LogP contribution >= 0.6 is 0 Å². The molecule has 1 aromatic carbocycles. The fourth-order valence-electron chi connectivity index (χ4n) is 3.93. The number of hydrogen-bond acceptors (Lipinski definition) is 2. The summed E-state index contributed by atoms with van der Waals surface area (Å²) in [7, 11) is 2.13. The van der Waals surface area contributed by atoms with E-state index >= 15 is 0 Å². The van der Waals surface area contributed by atoms with Crippen molar-refractivity contribution in [3.63, 3.8) is 0 Å². The topological polar surface area (TPSA) is 15.3 Å². The second kappa shape index (κ2) is 6.93. The van der Waals surface area contributed by atoms with Gasteiger partial charge in [0.1, 0.15) is 0 Å². The van der Waals surface area contributed by atoms with E-state index in [9.17, 15) is 0 Å². The summed E-state index contributed by atoms with van der Waals surface area (Å²) in [4.78, 5) is 2.71. The molecule has 0 bridgehead atoms. The molecule has 2 atom stereocenters. The zero-order valence-corrected chi connectivity index (χ0v) is 14.5. The molecule has 118 valence electrons. The molecule has 1 aromatic rings. The molecule has 1 N–H and O–H groups in total. The maximum absolute atomic E-state index is 3.63. The van der Waals surface area contributed by atoms with Crippen molar-refractivity contribution in [3.8, 4) is 0 Å².